The Hall–Kier alpha value is -1.05. The topological polar surface area (TPSA) is 26.3 Å². The van der Waals surface area contributed by atoms with E-state index in [4.69, 9.17) is 4.74 Å². The van der Waals surface area contributed by atoms with Gasteiger partial charge in [-0.15, -0.1) is 0 Å². The third kappa shape index (κ3) is 3.82. The fourth-order valence-corrected chi connectivity index (χ4v) is 8.42. The van der Waals surface area contributed by atoms with Crippen LogP contribution >= 0.6 is 0 Å². The third-order valence-corrected chi connectivity index (χ3v) is 9.70. The van der Waals surface area contributed by atoms with E-state index in [1.807, 2.05) is 12.2 Å². The first-order valence-corrected chi connectivity index (χ1v) is 12.8. The first-order valence-electron chi connectivity index (χ1n) is 12.8. The van der Waals surface area contributed by atoms with Crippen LogP contribution < -0.4 is 0 Å². The van der Waals surface area contributed by atoms with Gasteiger partial charge < -0.3 is 4.74 Å². The lowest BCUT2D eigenvalue weighted by Gasteiger charge is -2.57. The van der Waals surface area contributed by atoms with Crippen LogP contribution in [-0.2, 0) is 9.53 Å². The molecule has 0 aromatic heterocycles. The molecule has 30 heavy (non-hydrogen) atoms. The summed E-state index contributed by atoms with van der Waals surface area (Å²) in [4.78, 5) is 12.2. The minimum absolute atomic E-state index is 0.0575. The van der Waals surface area contributed by atoms with Gasteiger partial charge in [0.1, 0.15) is 6.10 Å². The van der Waals surface area contributed by atoms with Crippen molar-refractivity contribution in [1.82, 2.24) is 0 Å². The monoisotopic (exact) mass is 412 g/mol. The number of fused-ring (bicyclic) bond motifs is 5. The molecule has 4 aliphatic rings. The first-order chi connectivity index (χ1) is 14.3. The van der Waals surface area contributed by atoms with Crippen molar-refractivity contribution in [3.8, 4) is 0 Å². The molecule has 0 spiro atoms. The third-order valence-electron chi connectivity index (χ3n) is 9.70. The largest absolute Gasteiger partial charge is 0.462 e. The SMILES string of the molecule is CCC=CCC(=O)OC1CC=C2C3CCC4(C)C(C(C)C)CCC4C3CCC2(C)C1. The maximum atomic E-state index is 12.2. The summed E-state index contributed by atoms with van der Waals surface area (Å²) in [6.45, 7) is 12.1. The van der Waals surface area contributed by atoms with E-state index in [0.29, 0.717) is 11.8 Å². The zero-order valence-electron chi connectivity index (χ0n) is 20.1. The van der Waals surface area contributed by atoms with Crippen molar-refractivity contribution in [2.45, 2.75) is 105 Å². The van der Waals surface area contributed by atoms with Crippen LogP contribution in [-0.4, -0.2) is 12.1 Å². The molecule has 7 atom stereocenters. The Bertz CT molecular complexity index is 703. The number of allylic oxidation sites excluding steroid dienone is 2. The average molecular weight is 413 g/mol. The van der Waals surface area contributed by atoms with E-state index >= 15 is 0 Å². The predicted octanol–water partition coefficient (Wildman–Crippen LogP) is 7.49. The van der Waals surface area contributed by atoms with Crippen molar-refractivity contribution in [3.05, 3.63) is 23.8 Å². The molecular weight excluding hydrogens is 368 g/mol. The van der Waals surface area contributed by atoms with Gasteiger partial charge in [0.25, 0.3) is 0 Å². The second kappa shape index (κ2) is 8.47. The van der Waals surface area contributed by atoms with Crippen LogP contribution in [0.15, 0.2) is 23.8 Å². The van der Waals surface area contributed by atoms with Crippen molar-refractivity contribution in [3.63, 3.8) is 0 Å². The molecule has 0 aromatic carbocycles. The molecule has 0 bridgehead atoms. The van der Waals surface area contributed by atoms with E-state index in [1.165, 1.54) is 38.5 Å². The van der Waals surface area contributed by atoms with Crippen LogP contribution in [0.5, 0.6) is 0 Å². The molecule has 0 radical (unpaired) electrons. The number of hydrogen-bond acceptors (Lipinski definition) is 2. The van der Waals surface area contributed by atoms with Gasteiger partial charge in [-0.05, 0) is 91.8 Å². The zero-order chi connectivity index (χ0) is 21.5. The summed E-state index contributed by atoms with van der Waals surface area (Å²) in [7, 11) is 0. The Kier molecular flexibility index (Phi) is 6.26. The van der Waals surface area contributed by atoms with Crippen LogP contribution in [0.3, 0.4) is 0 Å². The molecule has 2 heteroatoms. The molecule has 3 saturated carbocycles. The lowest BCUT2D eigenvalue weighted by molar-refractivity contribution is -0.150. The average Bonchev–Trinajstić information content (AvgIpc) is 3.04. The number of ether oxygens (including phenoxy) is 1. The maximum absolute atomic E-state index is 12.2. The summed E-state index contributed by atoms with van der Waals surface area (Å²) in [6.07, 6.45) is 18.3. The van der Waals surface area contributed by atoms with Gasteiger partial charge in [-0.25, -0.2) is 0 Å². The molecule has 0 N–H and O–H groups in total. The highest BCUT2D eigenvalue weighted by molar-refractivity contribution is 5.71. The Labute approximate surface area is 184 Å². The van der Waals surface area contributed by atoms with Gasteiger partial charge in [0.2, 0.25) is 0 Å². The van der Waals surface area contributed by atoms with Crippen LogP contribution in [0.2, 0.25) is 0 Å². The highest BCUT2D eigenvalue weighted by atomic mass is 16.5. The van der Waals surface area contributed by atoms with E-state index in [9.17, 15) is 4.79 Å². The van der Waals surface area contributed by atoms with E-state index in [2.05, 4.69) is 40.7 Å². The Morgan fingerprint density at radius 2 is 1.97 bits per heavy atom. The molecule has 168 valence electrons. The van der Waals surface area contributed by atoms with E-state index in [1.54, 1.807) is 5.57 Å². The molecule has 0 aliphatic heterocycles. The first kappa shape index (κ1) is 22.2. The standard InChI is InChI=1S/C28H44O2/c1-6-7-8-9-26(29)30-20-10-11-24-21-15-17-28(5)23(19(2)3)12-13-25(28)22(21)14-16-27(24,4)18-20/h7-8,11,19-23,25H,6,9-10,12-18H2,1-5H3. The second-order valence-corrected chi connectivity index (χ2v) is 11.7. The number of carbonyl (C=O) groups excluding carboxylic acids is 1. The molecule has 4 rings (SSSR count). The van der Waals surface area contributed by atoms with Crippen molar-refractivity contribution in [2.24, 2.45) is 40.4 Å². The minimum Gasteiger partial charge on any atom is -0.462 e. The van der Waals surface area contributed by atoms with Gasteiger partial charge >= 0.3 is 5.97 Å². The van der Waals surface area contributed by atoms with Gasteiger partial charge in [-0.1, -0.05) is 58.4 Å². The van der Waals surface area contributed by atoms with Crippen LogP contribution in [0.4, 0.5) is 0 Å². The van der Waals surface area contributed by atoms with Crippen molar-refractivity contribution in [2.75, 3.05) is 0 Å². The summed E-state index contributed by atoms with van der Waals surface area (Å²) in [5.74, 6) is 4.29. The quantitative estimate of drug-likeness (QED) is 0.345. The van der Waals surface area contributed by atoms with Gasteiger partial charge in [0, 0.05) is 6.42 Å². The maximum Gasteiger partial charge on any atom is 0.309 e. The van der Waals surface area contributed by atoms with E-state index in [-0.39, 0.29) is 17.5 Å². The Balaban J connectivity index is 1.46. The van der Waals surface area contributed by atoms with Crippen LogP contribution in [0, 0.1) is 40.4 Å². The fraction of sp³-hybridized carbons (Fsp3) is 0.821. The molecule has 4 aliphatic carbocycles. The zero-order valence-corrected chi connectivity index (χ0v) is 20.1. The predicted molar refractivity (Wildman–Crippen MR) is 124 cm³/mol. The number of rotatable bonds is 5. The van der Waals surface area contributed by atoms with Gasteiger partial charge in [0.05, 0.1) is 6.42 Å². The summed E-state index contributed by atoms with van der Waals surface area (Å²) in [6, 6.07) is 0. The number of esters is 1. The van der Waals surface area contributed by atoms with Gasteiger partial charge in [0.15, 0.2) is 0 Å². The minimum atomic E-state index is -0.0575. The van der Waals surface area contributed by atoms with E-state index < -0.39 is 0 Å². The van der Waals surface area contributed by atoms with Crippen LogP contribution in [0.1, 0.15) is 98.8 Å². The summed E-state index contributed by atoms with van der Waals surface area (Å²) in [5, 5.41) is 0. The number of hydrogen-bond donors (Lipinski definition) is 0. The Morgan fingerprint density at radius 3 is 2.70 bits per heavy atom. The molecule has 0 heterocycles. The molecule has 2 nitrogen and oxygen atoms in total. The van der Waals surface area contributed by atoms with Crippen molar-refractivity contribution < 1.29 is 9.53 Å². The second-order valence-electron chi connectivity index (χ2n) is 11.7. The van der Waals surface area contributed by atoms with Crippen LogP contribution in [0.25, 0.3) is 0 Å². The van der Waals surface area contributed by atoms with E-state index in [0.717, 1.165) is 48.9 Å². The summed E-state index contributed by atoms with van der Waals surface area (Å²) >= 11 is 0. The summed E-state index contributed by atoms with van der Waals surface area (Å²) in [5.41, 5.74) is 2.56. The lowest BCUT2D eigenvalue weighted by atomic mass is 9.48. The number of carbonyl (C=O) groups is 1. The van der Waals surface area contributed by atoms with Gasteiger partial charge in [-0.3, -0.25) is 4.79 Å². The molecule has 3 fully saturated rings. The van der Waals surface area contributed by atoms with Crippen molar-refractivity contribution in [1.29, 1.82) is 0 Å². The summed E-state index contributed by atoms with van der Waals surface area (Å²) < 4.78 is 5.88. The molecule has 0 aromatic rings. The Morgan fingerprint density at radius 1 is 1.17 bits per heavy atom. The molecular formula is C28H44O2. The fourth-order valence-electron chi connectivity index (χ4n) is 8.42. The highest BCUT2D eigenvalue weighted by Gasteiger charge is 2.57. The molecule has 0 saturated heterocycles. The highest BCUT2D eigenvalue weighted by Crippen LogP contribution is 2.66. The molecule has 7 unspecified atom stereocenters. The van der Waals surface area contributed by atoms with Crippen molar-refractivity contribution >= 4 is 5.97 Å². The smallest absolute Gasteiger partial charge is 0.309 e. The van der Waals surface area contributed by atoms with Gasteiger partial charge in [-0.2, -0.15) is 0 Å². The molecule has 0 amide bonds. The lowest BCUT2D eigenvalue weighted by Crippen LogP contribution is -2.49. The normalized spacial score (nSPS) is 43.1.